The molecule has 1 aromatic rings. The lowest BCUT2D eigenvalue weighted by Gasteiger charge is -2.38. The lowest BCUT2D eigenvalue weighted by Crippen LogP contribution is -2.51. The highest BCUT2D eigenvalue weighted by molar-refractivity contribution is 5.36. The van der Waals surface area contributed by atoms with Crippen LogP contribution in [0.15, 0.2) is 24.3 Å². The van der Waals surface area contributed by atoms with Crippen molar-refractivity contribution in [2.75, 3.05) is 45.9 Å². The van der Waals surface area contributed by atoms with Crippen LogP contribution in [0.3, 0.4) is 0 Å². The number of ether oxygens (including phenoxy) is 1. The Morgan fingerprint density at radius 3 is 2.73 bits per heavy atom. The standard InChI is InChI=1S/C17H25N3O2/c1-2-16(14-21)20-8-6-19(7-9-20)10-11-22-17-5-3-4-15(12-17)13-18/h3-5,12,16,21H,2,6-11,14H2,1H3. The molecule has 1 heterocycles. The molecule has 2 rings (SSSR count). The Morgan fingerprint density at radius 2 is 2.09 bits per heavy atom. The van der Waals surface area contributed by atoms with Gasteiger partial charge in [0.05, 0.1) is 18.2 Å². The highest BCUT2D eigenvalue weighted by Gasteiger charge is 2.21. The molecule has 0 aromatic heterocycles. The Morgan fingerprint density at radius 1 is 1.32 bits per heavy atom. The van der Waals surface area contributed by atoms with Crippen LogP contribution in [0.1, 0.15) is 18.9 Å². The zero-order valence-electron chi connectivity index (χ0n) is 13.2. The van der Waals surface area contributed by atoms with Crippen molar-refractivity contribution in [3.8, 4) is 11.8 Å². The first kappa shape index (κ1) is 16.8. The van der Waals surface area contributed by atoms with Crippen molar-refractivity contribution in [1.29, 1.82) is 5.26 Å². The van der Waals surface area contributed by atoms with Crippen molar-refractivity contribution in [3.63, 3.8) is 0 Å². The van der Waals surface area contributed by atoms with Gasteiger partial charge in [0.15, 0.2) is 0 Å². The lowest BCUT2D eigenvalue weighted by atomic mass is 10.1. The van der Waals surface area contributed by atoms with E-state index >= 15 is 0 Å². The molecule has 120 valence electrons. The maximum atomic E-state index is 9.36. The van der Waals surface area contributed by atoms with Gasteiger partial charge in [-0.05, 0) is 24.6 Å². The van der Waals surface area contributed by atoms with Gasteiger partial charge in [0.2, 0.25) is 0 Å². The van der Waals surface area contributed by atoms with Crippen LogP contribution in [0.2, 0.25) is 0 Å². The summed E-state index contributed by atoms with van der Waals surface area (Å²) in [6.07, 6.45) is 0.995. The lowest BCUT2D eigenvalue weighted by molar-refractivity contribution is 0.0584. The summed E-state index contributed by atoms with van der Waals surface area (Å²) in [5.41, 5.74) is 0.626. The second-order valence-corrected chi connectivity index (χ2v) is 5.61. The number of aliphatic hydroxyl groups excluding tert-OH is 1. The highest BCUT2D eigenvalue weighted by Crippen LogP contribution is 2.13. The van der Waals surface area contributed by atoms with Crippen LogP contribution >= 0.6 is 0 Å². The third-order valence-corrected chi connectivity index (χ3v) is 4.24. The summed E-state index contributed by atoms with van der Waals surface area (Å²) in [5, 5.41) is 18.2. The van der Waals surface area contributed by atoms with E-state index in [0.29, 0.717) is 18.2 Å². The zero-order valence-corrected chi connectivity index (χ0v) is 13.2. The molecule has 0 aliphatic carbocycles. The van der Waals surface area contributed by atoms with Crippen molar-refractivity contribution in [2.24, 2.45) is 0 Å². The van der Waals surface area contributed by atoms with Gasteiger partial charge in [0.1, 0.15) is 12.4 Å². The number of nitriles is 1. The first-order chi connectivity index (χ1) is 10.8. The predicted octanol–water partition coefficient (Wildman–Crippen LogP) is 1.33. The second-order valence-electron chi connectivity index (χ2n) is 5.61. The Bertz CT molecular complexity index is 489. The largest absolute Gasteiger partial charge is 0.492 e. The van der Waals surface area contributed by atoms with Crippen molar-refractivity contribution in [1.82, 2.24) is 9.80 Å². The molecule has 0 radical (unpaired) electrons. The number of benzene rings is 1. The summed E-state index contributed by atoms with van der Waals surface area (Å²) in [6.45, 7) is 7.92. The van der Waals surface area contributed by atoms with E-state index in [4.69, 9.17) is 10.00 Å². The first-order valence-corrected chi connectivity index (χ1v) is 7.97. The summed E-state index contributed by atoms with van der Waals surface area (Å²) in [5.74, 6) is 0.754. The second kappa shape index (κ2) is 8.74. The Labute approximate surface area is 132 Å². The van der Waals surface area contributed by atoms with Crippen LogP contribution < -0.4 is 4.74 Å². The fraction of sp³-hybridized carbons (Fsp3) is 0.588. The first-order valence-electron chi connectivity index (χ1n) is 7.97. The number of piperazine rings is 1. The Balaban J connectivity index is 1.70. The minimum atomic E-state index is 0.245. The minimum absolute atomic E-state index is 0.245. The molecule has 0 amide bonds. The summed E-state index contributed by atoms with van der Waals surface area (Å²) >= 11 is 0. The quantitative estimate of drug-likeness (QED) is 0.823. The molecular weight excluding hydrogens is 278 g/mol. The number of rotatable bonds is 7. The average molecular weight is 303 g/mol. The average Bonchev–Trinajstić information content (AvgIpc) is 2.57. The SMILES string of the molecule is CCC(CO)N1CCN(CCOc2cccc(C#N)c2)CC1. The molecule has 1 aliphatic rings. The van der Waals surface area contributed by atoms with Crippen LogP contribution in [-0.2, 0) is 0 Å². The van der Waals surface area contributed by atoms with E-state index in [-0.39, 0.29) is 6.61 Å². The van der Waals surface area contributed by atoms with Gasteiger partial charge >= 0.3 is 0 Å². The smallest absolute Gasteiger partial charge is 0.120 e. The molecule has 1 atom stereocenters. The van der Waals surface area contributed by atoms with E-state index in [2.05, 4.69) is 22.8 Å². The van der Waals surface area contributed by atoms with E-state index < -0.39 is 0 Å². The van der Waals surface area contributed by atoms with Gasteiger partial charge in [-0.3, -0.25) is 9.80 Å². The van der Waals surface area contributed by atoms with Crippen LogP contribution in [-0.4, -0.2) is 66.9 Å². The molecule has 0 saturated carbocycles. The molecule has 1 aromatic carbocycles. The Kier molecular flexibility index (Phi) is 6.66. The van der Waals surface area contributed by atoms with E-state index in [0.717, 1.165) is 44.9 Å². The highest BCUT2D eigenvalue weighted by atomic mass is 16.5. The molecule has 1 unspecified atom stereocenters. The van der Waals surface area contributed by atoms with Crippen LogP contribution in [0, 0.1) is 11.3 Å². The van der Waals surface area contributed by atoms with Crippen molar-refractivity contribution >= 4 is 0 Å². The van der Waals surface area contributed by atoms with E-state index in [1.807, 2.05) is 12.1 Å². The molecule has 0 bridgehead atoms. The van der Waals surface area contributed by atoms with Gasteiger partial charge < -0.3 is 9.84 Å². The van der Waals surface area contributed by atoms with Crippen LogP contribution in [0.25, 0.3) is 0 Å². The van der Waals surface area contributed by atoms with Gasteiger partial charge in [-0.2, -0.15) is 5.26 Å². The van der Waals surface area contributed by atoms with Gasteiger partial charge in [-0.25, -0.2) is 0 Å². The summed E-state index contributed by atoms with van der Waals surface area (Å²) < 4.78 is 5.72. The van der Waals surface area contributed by atoms with Crippen LogP contribution in [0.5, 0.6) is 5.75 Å². The van der Waals surface area contributed by atoms with Crippen molar-refractivity contribution in [3.05, 3.63) is 29.8 Å². The van der Waals surface area contributed by atoms with Gasteiger partial charge in [-0.15, -0.1) is 0 Å². The summed E-state index contributed by atoms with van der Waals surface area (Å²) in [4.78, 5) is 4.75. The minimum Gasteiger partial charge on any atom is -0.492 e. The number of aliphatic hydroxyl groups is 1. The molecule has 22 heavy (non-hydrogen) atoms. The van der Waals surface area contributed by atoms with Crippen molar-refractivity contribution in [2.45, 2.75) is 19.4 Å². The third-order valence-electron chi connectivity index (χ3n) is 4.24. The topological polar surface area (TPSA) is 59.7 Å². The molecule has 5 nitrogen and oxygen atoms in total. The fourth-order valence-corrected chi connectivity index (χ4v) is 2.80. The predicted molar refractivity (Wildman–Crippen MR) is 85.8 cm³/mol. The molecule has 1 fully saturated rings. The maximum absolute atomic E-state index is 9.36. The van der Waals surface area contributed by atoms with E-state index in [1.54, 1.807) is 12.1 Å². The maximum Gasteiger partial charge on any atom is 0.120 e. The number of hydrogen-bond acceptors (Lipinski definition) is 5. The molecule has 0 spiro atoms. The van der Waals surface area contributed by atoms with Gasteiger partial charge in [0.25, 0.3) is 0 Å². The monoisotopic (exact) mass is 303 g/mol. The van der Waals surface area contributed by atoms with Gasteiger partial charge in [-0.1, -0.05) is 13.0 Å². The number of hydrogen-bond donors (Lipinski definition) is 1. The van der Waals surface area contributed by atoms with Gasteiger partial charge in [0, 0.05) is 38.8 Å². The normalized spacial score (nSPS) is 17.9. The molecule has 1 N–H and O–H groups in total. The molecule has 1 aliphatic heterocycles. The summed E-state index contributed by atoms with van der Waals surface area (Å²) in [6, 6.07) is 9.68. The fourth-order valence-electron chi connectivity index (χ4n) is 2.80. The summed E-state index contributed by atoms with van der Waals surface area (Å²) in [7, 11) is 0. The van der Waals surface area contributed by atoms with Crippen molar-refractivity contribution < 1.29 is 9.84 Å². The Hall–Kier alpha value is -1.61. The van der Waals surface area contributed by atoms with E-state index in [1.165, 1.54) is 0 Å². The third kappa shape index (κ3) is 4.70. The molecule has 1 saturated heterocycles. The molecular formula is C17H25N3O2. The van der Waals surface area contributed by atoms with Crippen LogP contribution in [0.4, 0.5) is 0 Å². The molecule has 5 heteroatoms. The number of nitrogens with zero attached hydrogens (tertiary/aromatic N) is 3. The van der Waals surface area contributed by atoms with E-state index in [9.17, 15) is 5.11 Å². The zero-order chi connectivity index (χ0) is 15.8.